The van der Waals surface area contributed by atoms with E-state index in [2.05, 4.69) is 10.6 Å². The van der Waals surface area contributed by atoms with E-state index in [1.807, 2.05) is 26.8 Å². The van der Waals surface area contributed by atoms with Gasteiger partial charge in [0, 0.05) is 5.69 Å². The van der Waals surface area contributed by atoms with E-state index in [9.17, 15) is 9.59 Å². The number of anilines is 2. The third kappa shape index (κ3) is 5.85. The molecule has 2 amide bonds. The minimum Gasteiger partial charge on any atom is -0.494 e. The Balaban J connectivity index is 1.77. The molecule has 6 nitrogen and oxygen atoms in total. The number of carbonyl (C=O) groups excluding carboxylic acids is 2. The fraction of sp³-hybridized carbons (Fsp3) is 0.200. The highest BCUT2D eigenvalue weighted by Crippen LogP contribution is 2.23. The van der Waals surface area contributed by atoms with Crippen molar-refractivity contribution in [3.8, 4) is 11.5 Å². The molecule has 2 N–H and O–H groups in total. The van der Waals surface area contributed by atoms with Crippen LogP contribution in [0.25, 0.3) is 0 Å². The molecule has 0 spiro atoms. The van der Waals surface area contributed by atoms with Gasteiger partial charge in [0.05, 0.1) is 29.5 Å². The van der Waals surface area contributed by atoms with E-state index < -0.39 is 0 Å². The molecule has 0 atom stereocenters. The second kappa shape index (κ2) is 10.3. The zero-order valence-electron chi connectivity index (χ0n) is 17.8. The Hall–Kier alpha value is -3.80. The summed E-state index contributed by atoms with van der Waals surface area (Å²) in [7, 11) is 0. The average molecular weight is 418 g/mol. The summed E-state index contributed by atoms with van der Waals surface area (Å²) in [4.78, 5) is 25.8. The second-order valence-corrected chi connectivity index (χ2v) is 7.07. The van der Waals surface area contributed by atoms with E-state index in [0.29, 0.717) is 34.9 Å². The molecule has 31 heavy (non-hydrogen) atoms. The van der Waals surface area contributed by atoms with Gasteiger partial charge in [0.1, 0.15) is 11.5 Å². The molecule has 0 bridgehead atoms. The fourth-order valence-corrected chi connectivity index (χ4v) is 2.99. The molecule has 0 aliphatic heterocycles. The Labute approximate surface area is 182 Å². The van der Waals surface area contributed by atoms with Gasteiger partial charge in [-0.05, 0) is 69.3 Å². The maximum Gasteiger partial charge on any atom is 0.259 e. The van der Waals surface area contributed by atoms with Crippen LogP contribution < -0.4 is 20.1 Å². The number of para-hydroxylation sites is 2. The molecule has 3 aromatic rings. The monoisotopic (exact) mass is 418 g/mol. The fourth-order valence-electron chi connectivity index (χ4n) is 2.99. The van der Waals surface area contributed by atoms with Crippen molar-refractivity contribution >= 4 is 23.2 Å². The molecule has 6 heteroatoms. The van der Waals surface area contributed by atoms with Crippen molar-refractivity contribution in [2.45, 2.75) is 26.9 Å². The highest BCUT2D eigenvalue weighted by molar-refractivity contribution is 6.13. The maximum absolute atomic E-state index is 12.9. The van der Waals surface area contributed by atoms with Gasteiger partial charge >= 0.3 is 0 Å². The van der Waals surface area contributed by atoms with Crippen LogP contribution in [0.3, 0.4) is 0 Å². The largest absolute Gasteiger partial charge is 0.494 e. The number of ether oxygens (including phenoxy) is 2. The number of amides is 2. The minimum absolute atomic E-state index is 0.0684. The van der Waals surface area contributed by atoms with Gasteiger partial charge in [0.25, 0.3) is 11.8 Å². The van der Waals surface area contributed by atoms with Gasteiger partial charge in [-0.15, -0.1) is 0 Å². The summed E-state index contributed by atoms with van der Waals surface area (Å²) >= 11 is 0. The summed E-state index contributed by atoms with van der Waals surface area (Å²) in [6.07, 6.45) is -0.0684. The van der Waals surface area contributed by atoms with Crippen molar-refractivity contribution in [2.75, 3.05) is 17.2 Å². The lowest BCUT2D eigenvalue weighted by Crippen LogP contribution is -2.19. The Morgan fingerprint density at radius 1 is 0.806 bits per heavy atom. The Kier molecular flexibility index (Phi) is 7.27. The first-order valence-electron chi connectivity index (χ1n) is 10.2. The molecule has 0 saturated heterocycles. The van der Waals surface area contributed by atoms with Crippen LogP contribution in [0.5, 0.6) is 11.5 Å². The number of hydrogen-bond acceptors (Lipinski definition) is 4. The van der Waals surface area contributed by atoms with Crippen molar-refractivity contribution in [3.05, 3.63) is 83.9 Å². The molecule has 0 radical (unpaired) electrons. The Morgan fingerprint density at radius 2 is 1.42 bits per heavy atom. The average Bonchev–Trinajstić information content (AvgIpc) is 2.75. The van der Waals surface area contributed by atoms with Crippen LogP contribution >= 0.6 is 0 Å². The van der Waals surface area contributed by atoms with E-state index >= 15 is 0 Å². The SMILES string of the molecule is CCOc1ccc(NC(=O)c2ccccc2NC(=O)c2ccccc2OC(C)C)cc1. The molecular formula is C25H26N2O4. The zero-order chi connectivity index (χ0) is 22.2. The van der Waals surface area contributed by atoms with Crippen LogP contribution in [0.2, 0.25) is 0 Å². The van der Waals surface area contributed by atoms with Gasteiger partial charge in [0.15, 0.2) is 0 Å². The smallest absolute Gasteiger partial charge is 0.259 e. The van der Waals surface area contributed by atoms with Crippen molar-refractivity contribution in [1.29, 1.82) is 0 Å². The molecule has 3 rings (SSSR count). The van der Waals surface area contributed by atoms with Gasteiger partial charge in [-0.1, -0.05) is 24.3 Å². The number of rotatable bonds is 8. The number of carbonyl (C=O) groups is 2. The van der Waals surface area contributed by atoms with Crippen molar-refractivity contribution in [3.63, 3.8) is 0 Å². The van der Waals surface area contributed by atoms with E-state index in [4.69, 9.17) is 9.47 Å². The molecule has 0 aromatic heterocycles. The first-order valence-corrected chi connectivity index (χ1v) is 10.2. The molecule has 0 unspecified atom stereocenters. The van der Waals surface area contributed by atoms with Crippen molar-refractivity contribution < 1.29 is 19.1 Å². The second-order valence-electron chi connectivity index (χ2n) is 7.07. The predicted octanol–water partition coefficient (Wildman–Crippen LogP) is 5.38. The molecule has 3 aromatic carbocycles. The van der Waals surface area contributed by atoms with Crippen LogP contribution in [0, 0.1) is 0 Å². The van der Waals surface area contributed by atoms with Gasteiger partial charge in [-0.3, -0.25) is 9.59 Å². The van der Waals surface area contributed by atoms with Crippen LogP contribution in [0.15, 0.2) is 72.8 Å². The molecule has 0 aliphatic carbocycles. The molecule has 0 saturated carbocycles. The number of benzene rings is 3. The van der Waals surface area contributed by atoms with Crippen LogP contribution in [0.4, 0.5) is 11.4 Å². The molecule has 160 valence electrons. The lowest BCUT2D eigenvalue weighted by Gasteiger charge is -2.15. The zero-order valence-corrected chi connectivity index (χ0v) is 17.8. The highest BCUT2D eigenvalue weighted by Gasteiger charge is 2.17. The van der Waals surface area contributed by atoms with Crippen molar-refractivity contribution in [2.24, 2.45) is 0 Å². The number of hydrogen-bond donors (Lipinski definition) is 2. The molecular weight excluding hydrogens is 392 g/mol. The first-order chi connectivity index (χ1) is 15.0. The van der Waals surface area contributed by atoms with Gasteiger partial charge < -0.3 is 20.1 Å². The summed E-state index contributed by atoms with van der Waals surface area (Å²) in [5.74, 6) is 0.547. The Bertz CT molecular complexity index is 1050. The summed E-state index contributed by atoms with van der Waals surface area (Å²) in [5.41, 5.74) is 1.80. The van der Waals surface area contributed by atoms with Crippen molar-refractivity contribution in [1.82, 2.24) is 0 Å². The molecule has 0 heterocycles. The van der Waals surface area contributed by atoms with Crippen LogP contribution in [-0.2, 0) is 0 Å². The van der Waals surface area contributed by atoms with E-state index in [1.165, 1.54) is 0 Å². The van der Waals surface area contributed by atoms with E-state index in [0.717, 1.165) is 5.75 Å². The van der Waals surface area contributed by atoms with E-state index in [-0.39, 0.29) is 17.9 Å². The lowest BCUT2D eigenvalue weighted by molar-refractivity contribution is 0.102. The maximum atomic E-state index is 12.9. The topological polar surface area (TPSA) is 76.7 Å². The third-order valence-electron chi connectivity index (χ3n) is 4.34. The highest BCUT2D eigenvalue weighted by atomic mass is 16.5. The summed E-state index contributed by atoms with van der Waals surface area (Å²) in [6, 6.07) is 21.0. The Morgan fingerprint density at radius 3 is 2.10 bits per heavy atom. The van der Waals surface area contributed by atoms with Crippen LogP contribution in [0.1, 0.15) is 41.5 Å². The predicted molar refractivity (Wildman–Crippen MR) is 122 cm³/mol. The lowest BCUT2D eigenvalue weighted by atomic mass is 10.1. The summed E-state index contributed by atoms with van der Waals surface area (Å²) in [5, 5.41) is 5.68. The standard InChI is InChI=1S/C25H26N2O4/c1-4-30-19-15-13-18(14-16-19)26-24(28)20-9-5-7-11-22(20)27-25(29)21-10-6-8-12-23(21)31-17(2)3/h5-17H,4H2,1-3H3,(H,26,28)(H,27,29). The normalized spacial score (nSPS) is 10.5. The van der Waals surface area contributed by atoms with Gasteiger partial charge in [-0.25, -0.2) is 0 Å². The summed E-state index contributed by atoms with van der Waals surface area (Å²) in [6.45, 7) is 6.28. The van der Waals surface area contributed by atoms with Gasteiger partial charge in [-0.2, -0.15) is 0 Å². The van der Waals surface area contributed by atoms with Gasteiger partial charge in [0.2, 0.25) is 0 Å². The number of nitrogens with one attached hydrogen (secondary N) is 2. The third-order valence-corrected chi connectivity index (χ3v) is 4.34. The van der Waals surface area contributed by atoms with E-state index in [1.54, 1.807) is 66.7 Å². The molecule has 0 fully saturated rings. The first kappa shape index (κ1) is 21.9. The van der Waals surface area contributed by atoms with Crippen LogP contribution in [-0.4, -0.2) is 24.5 Å². The summed E-state index contributed by atoms with van der Waals surface area (Å²) < 4.78 is 11.2. The molecule has 0 aliphatic rings. The quantitative estimate of drug-likeness (QED) is 0.515. The minimum atomic E-state index is -0.349.